The second-order valence-corrected chi connectivity index (χ2v) is 3.99. The first-order valence-corrected chi connectivity index (χ1v) is 4.72. The molecule has 0 bridgehead atoms. The molecule has 0 heterocycles. The van der Waals surface area contributed by atoms with Crippen LogP contribution in [0.3, 0.4) is 0 Å². The van der Waals surface area contributed by atoms with Gasteiger partial charge in [0.05, 0.1) is 0 Å². The monoisotopic (exact) mass is 190 g/mol. The number of anilines is 1. The fourth-order valence-electron chi connectivity index (χ4n) is 1.30. The molecule has 0 aromatic heterocycles. The van der Waals surface area contributed by atoms with Gasteiger partial charge in [-0.25, -0.2) is 0 Å². The highest BCUT2D eigenvalue weighted by atomic mass is 16.5. The number of rotatable bonds is 3. The predicted molar refractivity (Wildman–Crippen MR) is 57.0 cm³/mol. The largest absolute Gasteiger partial charge is 0.488 e. The first-order chi connectivity index (χ1) is 6.63. The van der Waals surface area contributed by atoms with Crippen LogP contribution in [0.2, 0.25) is 0 Å². The van der Waals surface area contributed by atoms with Crippen molar-refractivity contribution in [2.45, 2.75) is 25.4 Å². The van der Waals surface area contributed by atoms with Crippen LogP contribution in [0, 0.1) is 5.41 Å². The van der Waals surface area contributed by atoms with E-state index in [0.29, 0.717) is 11.3 Å². The van der Waals surface area contributed by atoms with Crippen molar-refractivity contribution in [1.29, 1.82) is 5.41 Å². The molecular weight excluding hydrogens is 176 g/mol. The lowest BCUT2D eigenvalue weighted by molar-refractivity contribution is 0.200. The lowest BCUT2D eigenvalue weighted by Gasteiger charge is -2.13. The molecule has 0 aliphatic heterocycles. The van der Waals surface area contributed by atoms with Crippen molar-refractivity contribution in [3.63, 3.8) is 0 Å². The van der Waals surface area contributed by atoms with Gasteiger partial charge in [-0.3, -0.25) is 0 Å². The van der Waals surface area contributed by atoms with E-state index in [0.717, 1.165) is 18.6 Å². The molecule has 14 heavy (non-hydrogen) atoms. The highest BCUT2D eigenvalue weighted by Gasteiger charge is 2.40. The Morgan fingerprint density at radius 1 is 1.50 bits per heavy atom. The van der Waals surface area contributed by atoms with Gasteiger partial charge in [0.2, 0.25) is 0 Å². The Balaban J connectivity index is 2.22. The summed E-state index contributed by atoms with van der Waals surface area (Å²) in [5.74, 6) is 0.803. The molecule has 1 aromatic rings. The summed E-state index contributed by atoms with van der Waals surface area (Å²) in [5.41, 5.74) is 7.03. The van der Waals surface area contributed by atoms with Crippen molar-refractivity contribution in [2.24, 2.45) is 0 Å². The Bertz CT molecular complexity index is 370. The van der Waals surface area contributed by atoms with Crippen LogP contribution >= 0.6 is 0 Å². The SMILES string of the molecule is CC1(Oc2ccc(N)c(C=N)c2)CC1. The van der Waals surface area contributed by atoms with Gasteiger partial charge in [0, 0.05) is 17.5 Å². The molecule has 0 spiro atoms. The molecule has 1 aliphatic rings. The Morgan fingerprint density at radius 3 is 2.79 bits per heavy atom. The van der Waals surface area contributed by atoms with E-state index in [1.807, 2.05) is 12.1 Å². The van der Waals surface area contributed by atoms with E-state index in [-0.39, 0.29) is 5.60 Å². The molecular formula is C11H14N2O. The fraction of sp³-hybridized carbons (Fsp3) is 0.364. The van der Waals surface area contributed by atoms with E-state index >= 15 is 0 Å². The van der Waals surface area contributed by atoms with Gasteiger partial charge in [-0.2, -0.15) is 0 Å². The van der Waals surface area contributed by atoms with Crippen LogP contribution < -0.4 is 10.5 Å². The van der Waals surface area contributed by atoms with Crippen molar-refractivity contribution >= 4 is 11.9 Å². The summed E-state index contributed by atoms with van der Waals surface area (Å²) in [7, 11) is 0. The maximum Gasteiger partial charge on any atom is 0.120 e. The quantitative estimate of drug-likeness (QED) is 0.567. The molecule has 0 saturated heterocycles. The van der Waals surface area contributed by atoms with Gasteiger partial charge in [-0.1, -0.05) is 0 Å². The Kier molecular flexibility index (Phi) is 1.95. The Labute approximate surface area is 83.4 Å². The van der Waals surface area contributed by atoms with E-state index < -0.39 is 0 Å². The van der Waals surface area contributed by atoms with Crippen LogP contribution in [0.25, 0.3) is 0 Å². The number of nitrogens with one attached hydrogen (secondary N) is 1. The van der Waals surface area contributed by atoms with Crippen molar-refractivity contribution in [1.82, 2.24) is 0 Å². The van der Waals surface area contributed by atoms with E-state index in [4.69, 9.17) is 15.9 Å². The van der Waals surface area contributed by atoms with Gasteiger partial charge in [0.15, 0.2) is 0 Å². The van der Waals surface area contributed by atoms with Crippen LogP contribution in [0.4, 0.5) is 5.69 Å². The van der Waals surface area contributed by atoms with Crippen molar-refractivity contribution in [3.05, 3.63) is 23.8 Å². The zero-order valence-corrected chi connectivity index (χ0v) is 8.21. The minimum atomic E-state index is 0.0232. The summed E-state index contributed by atoms with van der Waals surface area (Å²) in [6.45, 7) is 2.09. The normalized spacial score (nSPS) is 17.5. The molecule has 3 N–H and O–H groups in total. The molecule has 1 aliphatic carbocycles. The second kappa shape index (κ2) is 3.01. The minimum absolute atomic E-state index is 0.0232. The molecule has 0 unspecified atom stereocenters. The second-order valence-electron chi connectivity index (χ2n) is 3.99. The molecule has 1 fully saturated rings. The van der Waals surface area contributed by atoms with Gasteiger partial charge in [0.25, 0.3) is 0 Å². The average Bonchev–Trinajstić information content (AvgIpc) is 2.87. The number of nitrogens with two attached hydrogens (primary N) is 1. The van der Waals surface area contributed by atoms with Crippen LogP contribution in [0.15, 0.2) is 18.2 Å². The van der Waals surface area contributed by atoms with Gasteiger partial charge in [-0.05, 0) is 38.0 Å². The molecule has 0 amide bonds. The molecule has 0 atom stereocenters. The number of benzene rings is 1. The third-order valence-corrected chi connectivity index (χ3v) is 2.53. The highest BCUT2D eigenvalue weighted by molar-refractivity contribution is 5.85. The van der Waals surface area contributed by atoms with Gasteiger partial charge in [-0.15, -0.1) is 0 Å². The number of hydrogen-bond donors (Lipinski definition) is 2. The summed E-state index contributed by atoms with van der Waals surface area (Å²) in [6.07, 6.45) is 3.46. The van der Waals surface area contributed by atoms with Gasteiger partial charge in [0.1, 0.15) is 11.4 Å². The first kappa shape index (κ1) is 9.06. The topological polar surface area (TPSA) is 59.1 Å². The molecule has 0 radical (unpaired) electrons. The molecule has 1 saturated carbocycles. The first-order valence-electron chi connectivity index (χ1n) is 4.72. The zero-order chi connectivity index (χ0) is 10.2. The molecule has 1 aromatic carbocycles. The Hall–Kier alpha value is -1.51. The summed E-state index contributed by atoms with van der Waals surface area (Å²) < 4.78 is 5.75. The minimum Gasteiger partial charge on any atom is -0.488 e. The Morgan fingerprint density at radius 2 is 2.21 bits per heavy atom. The third-order valence-electron chi connectivity index (χ3n) is 2.53. The predicted octanol–water partition coefficient (Wildman–Crippen LogP) is 2.20. The summed E-state index contributed by atoms with van der Waals surface area (Å²) >= 11 is 0. The lowest BCUT2D eigenvalue weighted by Crippen LogP contribution is -2.12. The maximum atomic E-state index is 7.17. The van der Waals surface area contributed by atoms with Crippen LogP contribution in [-0.2, 0) is 0 Å². The summed E-state index contributed by atoms with van der Waals surface area (Å²) in [5, 5.41) is 7.17. The fourth-order valence-corrected chi connectivity index (χ4v) is 1.30. The van der Waals surface area contributed by atoms with Crippen LogP contribution in [0.1, 0.15) is 25.3 Å². The standard InChI is InChI=1S/C11H14N2O/c1-11(4-5-11)14-9-2-3-10(13)8(6-9)7-12/h2-3,6-7,12H,4-5,13H2,1H3. The van der Waals surface area contributed by atoms with E-state index in [9.17, 15) is 0 Å². The molecule has 3 heteroatoms. The molecule has 74 valence electrons. The van der Waals surface area contributed by atoms with Crippen molar-refractivity contribution < 1.29 is 4.74 Å². The molecule has 2 rings (SSSR count). The van der Waals surface area contributed by atoms with Crippen LogP contribution in [0.5, 0.6) is 5.75 Å². The lowest BCUT2D eigenvalue weighted by atomic mass is 10.2. The number of nitrogen functional groups attached to an aromatic ring is 1. The maximum absolute atomic E-state index is 7.17. The number of ether oxygens (including phenoxy) is 1. The van der Waals surface area contributed by atoms with E-state index in [1.54, 1.807) is 6.07 Å². The molecule has 3 nitrogen and oxygen atoms in total. The number of hydrogen-bond acceptors (Lipinski definition) is 3. The van der Waals surface area contributed by atoms with Gasteiger partial charge < -0.3 is 15.9 Å². The van der Waals surface area contributed by atoms with Gasteiger partial charge >= 0.3 is 0 Å². The van der Waals surface area contributed by atoms with Crippen molar-refractivity contribution in [3.8, 4) is 5.75 Å². The van der Waals surface area contributed by atoms with Crippen LogP contribution in [-0.4, -0.2) is 11.8 Å². The van der Waals surface area contributed by atoms with Crippen molar-refractivity contribution in [2.75, 3.05) is 5.73 Å². The van der Waals surface area contributed by atoms with E-state index in [1.165, 1.54) is 6.21 Å². The smallest absolute Gasteiger partial charge is 0.120 e. The third kappa shape index (κ3) is 1.71. The summed E-state index contributed by atoms with van der Waals surface area (Å²) in [6, 6.07) is 5.44. The average molecular weight is 190 g/mol. The summed E-state index contributed by atoms with van der Waals surface area (Å²) in [4.78, 5) is 0. The highest BCUT2D eigenvalue weighted by Crippen LogP contribution is 2.39. The van der Waals surface area contributed by atoms with E-state index in [2.05, 4.69) is 6.92 Å². The zero-order valence-electron chi connectivity index (χ0n) is 8.21.